The average Bonchev–Trinajstić information content (AvgIpc) is 2.16. The number of aliphatic carboxylic acids is 1. The van der Waals surface area contributed by atoms with Gasteiger partial charge in [0.05, 0.1) is 0 Å². The first-order chi connectivity index (χ1) is 7.04. The molecule has 1 rings (SSSR count). The topological polar surface area (TPSA) is 59.4 Å². The highest BCUT2D eigenvalue weighted by molar-refractivity contribution is 6.33. The monoisotopic (exact) mass is 249 g/mol. The first-order valence-electron chi connectivity index (χ1n) is 4.26. The lowest BCUT2D eigenvalue weighted by atomic mass is 10.3. The van der Waals surface area contributed by atoms with E-state index in [0.717, 1.165) is 0 Å². The van der Waals surface area contributed by atoms with Gasteiger partial charge in [0.2, 0.25) is 0 Å². The van der Waals surface area contributed by atoms with Gasteiger partial charge in [-0.1, -0.05) is 30.1 Å². The molecule has 0 fully saturated rings. The Morgan fingerprint density at radius 1 is 1.60 bits per heavy atom. The zero-order valence-electron chi connectivity index (χ0n) is 7.91. The summed E-state index contributed by atoms with van der Waals surface area (Å²) in [6.45, 7) is 1.70. The van der Waals surface area contributed by atoms with Crippen LogP contribution in [0.2, 0.25) is 10.3 Å². The number of ether oxygens (including phenoxy) is 1. The first-order valence-corrected chi connectivity index (χ1v) is 5.01. The van der Waals surface area contributed by atoms with E-state index < -0.39 is 12.1 Å². The highest BCUT2D eigenvalue weighted by Crippen LogP contribution is 2.25. The number of hydrogen-bond donors (Lipinski definition) is 1. The van der Waals surface area contributed by atoms with Crippen LogP contribution in [0, 0.1) is 0 Å². The van der Waals surface area contributed by atoms with E-state index in [2.05, 4.69) is 4.98 Å². The lowest BCUT2D eigenvalue weighted by molar-refractivity contribution is -0.145. The molecule has 1 unspecified atom stereocenters. The molecule has 0 aliphatic rings. The quantitative estimate of drug-likeness (QED) is 0.834. The van der Waals surface area contributed by atoms with Crippen LogP contribution in [0.5, 0.6) is 5.75 Å². The van der Waals surface area contributed by atoms with Crippen LogP contribution in [0.3, 0.4) is 0 Å². The third kappa shape index (κ3) is 3.25. The van der Waals surface area contributed by atoms with Crippen molar-refractivity contribution >= 4 is 29.2 Å². The smallest absolute Gasteiger partial charge is 0.344 e. The SMILES string of the molecule is CCC(Oc1ccc(Cl)nc1Cl)C(=O)O. The Kier molecular flexibility index (Phi) is 4.17. The van der Waals surface area contributed by atoms with E-state index in [1.807, 2.05) is 0 Å². The Balaban J connectivity index is 2.84. The predicted molar refractivity (Wildman–Crippen MR) is 56.6 cm³/mol. The van der Waals surface area contributed by atoms with Crippen molar-refractivity contribution in [1.82, 2.24) is 4.98 Å². The van der Waals surface area contributed by atoms with Crippen molar-refractivity contribution < 1.29 is 14.6 Å². The third-order valence-corrected chi connectivity index (χ3v) is 2.18. The molecule has 1 heterocycles. The highest BCUT2D eigenvalue weighted by atomic mass is 35.5. The second-order valence-electron chi connectivity index (χ2n) is 2.78. The molecule has 82 valence electrons. The largest absolute Gasteiger partial charge is 0.479 e. The molecule has 15 heavy (non-hydrogen) atoms. The van der Waals surface area contributed by atoms with Gasteiger partial charge in [0.25, 0.3) is 0 Å². The van der Waals surface area contributed by atoms with E-state index >= 15 is 0 Å². The molecule has 4 nitrogen and oxygen atoms in total. The number of halogens is 2. The summed E-state index contributed by atoms with van der Waals surface area (Å²) in [5.41, 5.74) is 0. The third-order valence-electron chi connectivity index (χ3n) is 1.70. The summed E-state index contributed by atoms with van der Waals surface area (Å²) in [7, 11) is 0. The number of aromatic nitrogens is 1. The molecule has 1 atom stereocenters. The van der Waals surface area contributed by atoms with Gasteiger partial charge >= 0.3 is 5.97 Å². The van der Waals surface area contributed by atoms with Crippen LogP contribution in [-0.2, 0) is 4.79 Å². The van der Waals surface area contributed by atoms with Crippen molar-refractivity contribution in [3.8, 4) is 5.75 Å². The Bertz CT molecular complexity index is 370. The van der Waals surface area contributed by atoms with Crippen LogP contribution in [0.25, 0.3) is 0 Å². The molecule has 0 saturated carbocycles. The lowest BCUT2D eigenvalue weighted by Gasteiger charge is -2.13. The number of carboxylic acids is 1. The summed E-state index contributed by atoms with van der Waals surface area (Å²) in [5.74, 6) is -0.821. The summed E-state index contributed by atoms with van der Waals surface area (Å²) in [5, 5.41) is 9.06. The number of carbonyl (C=O) groups is 1. The molecular weight excluding hydrogens is 241 g/mol. The normalized spacial score (nSPS) is 12.2. The van der Waals surface area contributed by atoms with E-state index in [-0.39, 0.29) is 16.1 Å². The number of carboxylic acid groups (broad SMARTS) is 1. The minimum atomic E-state index is -1.04. The summed E-state index contributed by atoms with van der Waals surface area (Å²) < 4.78 is 5.16. The number of pyridine rings is 1. The minimum absolute atomic E-state index is 0.0576. The molecule has 0 aliphatic heterocycles. The van der Waals surface area contributed by atoms with Crippen molar-refractivity contribution in [2.24, 2.45) is 0 Å². The molecule has 0 radical (unpaired) electrons. The van der Waals surface area contributed by atoms with Gasteiger partial charge in [0.1, 0.15) is 5.15 Å². The van der Waals surface area contributed by atoms with Crippen molar-refractivity contribution in [2.75, 3.05) is 0 Å². The van der Waals surface area contributed by atoms with Crippen LogP contribution in [0.1, 0.15) is 13.3 Å². The van der Waals surface area contributed by atoms with Crippen LogP contribution in [0.4, 0.5) is 0 Å². The minimum Gasteiger partial charge on any atom is -0.479 e. The molecule has 0 saturated heterocycles. The van der Waals surface area contributed by atoms with Gasteiger partial charge in [-0.25, -0.2) is 9.78 Å². The van der Waals surface area contributed by atoms with Gasteiger partial charge in [-0.05, 0) is 18.6 Å². The second kappa shape index (κ2) is 5.19. The van der Waals surface area contributed by atoms with Crippen molar-refractivity contribution in [2.45, 2.75) is 19.4 Å². The summed E-state index contributed by atoms with van der Waals surface area (Å²) in [6.07, 6.45) is -0.584. The van der Waals surface area contributed by atoms with Gasteiger partial charge < -0.3 is 9.84 Å². The zero-order valence-corrected chi connectivity index (χ0v) is 9.42. The molecule has 0 aromatic carbocycles. The van der Waals surface area contributed by atoms with E-state index in [1.54, 1.807) is 6.92 Å². The summed E-state index contributed by atoms with van der Waals surface area (Å²) in [6, 6.07) is 2.97. The van der Waals surface area contributed by atoms with Crippen molar-refractivity contribution in [3.63, 3.8) is 0 Å². The van der Waals surface area contributed by atoms with Gasteiger partial charge in [0, 0.05) is 0 Å². The van der Waals surface area contributed by atoms with Crippen molar-refractivity contribution in [1.29, 1.82) is 0 Å². The molecule has 1 aromatic heterocycles. The molecule has 1 N–H and O–H groups in total. The Morgan fingerprint density at radius 3 is 2.73 bits per heavy atom. The van der Waals surface area contributed by atoms with Gasteiger partial charge in [0.15, 0.2) is 17.0 Å². The number of rotatable bonds is 4. The van der Waals surface area contributed by atoms with Gasteiger partial charge in [-0.3, -0.25) is 0 Å². The molecule has 6 heteroatoms. The molecule has 1 aromatic rings. The van der Waals surface area contributed by atoms with Crippen molar-refractivity contribution in [3.05, 3.63) is 22.4 Å². The van der Waals surface area contributed by atoms with E-state index in [1.165, 1.54) is 12.1 Å². The number of nitrogens with zero attached hydrogens (tertiary/aromatic N) is 1. The highest BCUT2D eigenvalue weighted by Gasteiger charge is 2.18. The fourth-order valence-corrected chi connectivity index (χ4v) is 1.34. The zero-order chi connectivity index (χ0) is 11.4. The number of hydrogen-bond acceptors (Lipinski definition) is 3. The Hall–Kier alpha value is -1.00. The maximum absolute atomic E-state index is 10.7. The second-order valence-corrected chi connectivity index (χ2v) is 3.52. The first kappa shape index (κ1) is 12.1. The lowest BCUT2D eigenvalue weighted by Crippen LogP contribution is -2.26. The summed E-state index contributed by atoms with van der Waals surface area (Å²) >= 11 is 11.3. The Labute approximate surface area is 96.8 Å². The molecule has 0 bridgehead atoms. The van der Waals surface area contributed by atoms with Gasteiger partial charge in [-0.15, -0.1) is 0 Å². The van der Waals surface area contributed by atoms with E-state index in [4.69, 9.17) is 33.0 Å². The van der Waals surface area contributed by atoms with Crippen LogP contribution >= 0.6 is 23.2 Å². The predicted octanol–water partition coefficient (Wildman–Crippen LogP) is 2.63. The average molecular weight is 250 g/mol. The van der Waals surface area contributed by atoms with Crippen LogP contribution < -0.4 is 4.74 Å². The molecule has 0 aliphatic carbocycles. The van der Waals surface area contributed by atoms with Crippen LogP contribution in [0.15, 0.2) is 12.1 Å². The summed E-state index contributed by atoms with van der Waals surface area (Å²) in [4.78, 5) is 14.4. The van der Waals surface area contributed by atoms with Crippen LogP contribution in [-0.4, -0.2) is 22.2 Å². The van der Waals surface area contributed by atoms with Gasteiger partial charge in [-0.2, -0.15) is 0 Å². The molecule has 0 spiro atoms. The molecular formula is C9H9Cl2NO3. The maximum Gasteiger partial charge on any atom is 0.344 e. The maximum atomic E-state index is 10.7. The standard InChI is InChI=1S/C9H9Cl2NO3/c1-2-5(9(13)14)15-6-3-4-7(10)12-8(6)11/h3-5H,2H2,1H3,(H,13,14). The molecule has 0 amide bonds. The van der Waals surface area contributed by atoms with E-state index in [0.29, 0.717) is 6.42 Å². The fraction of sp³-hybridized carbons (Fsp3) is 0.333. The fourth-order valence-electron chi connectivity index (χ4n) is 0.949. The Morgan fingerprint density at radius 2 is 2.27 bits per heavy atom. The van der Waals surface area contributed by atoms with E-state index in [9.17, 15) is 4.79 Å².